The second kappa shape index (κ2) is 4.09. The predicted molar refractivity (Wildman–Crippen MR) is 61.6 cm³/mol. The normalized spacial score (nSPS) is 36.5. The van der Waals surface area contributed by atoms with Gasteiger partial charge >= 0.3 is 0 Å². The molecule has 0 amide bonds. The first-order valence-corrected chi connectivity index (χ1v) is 6.46. The van der Waals surface area contributed by atoms with Crippen LogP contribution in [0.4, 0.5) is 0 Å². The van der Waals surface area contributed by atoms with Crippen LogP contribution < -0.4 is 0 Å². The monoisotopic (exact) mass is 210 g/mol. The zero-order chi connectivity index (χ0) is 10.1. The van der Waals surface area contributed by atoms with Crippen LogP contribution in [0.15, 0.2) is 12.2 Å². The maximum absolute atomic E-state index is 11.8. The van der Waals surface area contributed by atoms with Gasteiger partial charge in [-0.25, -0.2) is 0 Å². The molecule has 0 radical (unpaired) electrons. The van der Waals surface area contributed by atoms with E-state index in [4.69, 9.17) is 0 Å². The lowest BCUT2D eigenvalue weighted by Gasteiger charge is -2.37. The molecule has 2 heterocycles. The fourth-order valence-corrected chi connectivity index (χ4v) is 4.46. The third-order valence-electron chi connectivity index (χ3n) is 3.32. The van der Waals surface area contributed by atoms with Gasteiger partial charge in [-0.2, -0.15) is 11.8 Å². The maximum atomic E-state index is 11.8. The van der Waals surface area contributed by atoms with Gasteiger partial charge in [0.2, 0.25) is 0 Å². The highest BCUT2D eigenvalue weighted by Crippen LogP contribution is 2.44. The van der Waals surface area contributed by atoms with Gasteiger partial charge in [0.25, 0.3) is 0 Å². The molecule has 2 aliphatic heterocycles. The van der Waals surface area contributed by atoms with Crippen LogP contribution in [0.3, 0.4) is 0 Å². The van der Waals surface area contributed by atoms with Crippen molar-refractivity contribution >= 4 is 17.5 Å². The van der Waals surface area contributed by atoms with Crippen molar-refractivity contribution in [1.29, 1.82) is 0 Å². The highest BCUT2D eigenvalue weighted by molar-refractivity contribution is 8.00. The molecule has 1 nitrogen and oxygen atoms in total. The molecule has 0 aliphatic carbocycles. The maximum Gasteiger partial charge on any atom is 0.161 e. The summed E-state index contributed by atoms with van der Waals surface area (Å²) in [5.41, 5.74) is 0.750. The van der Waals surface area contributed by atoms with Gasteiger partial charge in [0, 0.05) is 16.4 Å². The van der Waals surface area contributed by atoms with Crippen LogP contribution in [-0.2, 0) is 4.79 Å². The highest BCUT2D eigenvalue weighted by Gasteiger charge is 2.35. The minimum Gasteiger partial charge on any atom is -0.294 e. The molecular weight excluding hydrogens is 192 g/mol. The largest absolute Gasteiger partial charge is 0.294 e. The number of allylic oxidation sites excluding steroid dienone is 1. The zero-order valence-corrected chi connectivity index (χ0v) is 9.61. The lowest BCUT2D eigenvalue weighted by atomic mass is 9.85. The van der Waals surface area contributed by atoms with E-state index in [-0.39, 0.29) is 0 Å². The number of rotatable bonds is 2. The molecule has 0 N–H and O–H groups in total. The van der Waals surface area contributed by atoms with Crippen LogP contribution in [0.25, 0.3) is 0 Å². The molecular formula is C12H18OS. The Bertz CT molecular complexity index is 247. The number of carbonyl (C=O) groups excluding carboxylic acids is 1. The summed E-state index contributed by atoms with van der Waals surface area (Å²) in [5.74, 6) is 0.617. The van der Waals surface area contributed by atoms with Crippen molar-refractivity contribution in [2.75, 3.05) is 0 Å². The standard InChI is InChI=1S/C12H18OS/c1-8(2)12(13)9-6-10-4-3-5-11(7-9)14-10/h9-11H,1,3-7H2,2H3. The van der Waals surface area contributed by atoms with Crippen molar-refractivity contribution in [1.82, 2.24) is 0 Å². The van der Waals surface area contributed by atoms with Gasteiger partial charge in [-0.1, -0.05) is 13.0 Å². The first kappa shape index (κ1) is 10.3. The van der Waals surface area contributed by atoms with Crippen molar-refractivity contribution in [2.45, 2.75) is 49.5 Å². The van der Waals surface area contributed by atoms with E-state index in [9.17, 15) is 4.79 Å². The molecule has 2 fully saturated rings. The minimum absolute atomic E-state index is 0.295. The minimum atomic E-state index is 0.295. The molecule has 0 aromatic carbocycles. The summed E-state index contributed by atoms with van der Waals surface area (Å²) in [5, 5.41) is 1.52. The van der Waals surface area contributed by atoms with Gasteiger partial charge < -0.3 is 0 Å². The van der Waals surface area contributed by atoms with E-state index in [1.165, 1.54) is 19.3 Å². The molecule has 2 aliphatic rings. The van der Waals surface area contributed by atoms with Crippen LogP contribution >= 0.6 is 11.8 Å². The molecule has 0 aromatic heterocycles. The Labute approximate surface area is 90.3 Å². The molecule has 2 rings (SSSR count). The third kappa shape index (κ3) is 2.05. The Kier molecular flexibility index (Phi) is 3.01. The van der Waals surface area contributed by atoms with Gasteiger partial charge in [-0.05, 0) is 38.2 Å². The predicted octanol–water partition coefficient (Wildman–Crippen LogP) is 3.20. The van der Waals surface area contributed by atoms with E-state index in [2.05, 4.69) is 18.3 Å². The van der Waals surface area contributed by atoms with Crippen LogP contribution in [0.5, 0.6) is 0 Å². The number of Topliss-reactive ketones (excluding diaryl/α,β-unsaturated/α-hetero) is 1. The van der Waals surface area contributed by atoms with Crippen LogP contribution in [-0.4, -0.2) is 16.3 Å². The summed E-state index contributed by atoms with van der Waals surface area (Å²) >= 11 is 2.12. The van der Waals surface area contributed by atoms with Crippen molar-refractivity contribution in [2.24, 2.45) is 5.92 Å². The molecule has 2 atom stereocenters. The summed E-state index contributed by atoms with van der Waals surface area (Å²) < 4.78 is 0. The SMILES string of the molecule is C=C(C)C(=O)C1CC2CCCC(C1)S2. The molecule has 0 aromatic rings. The zero-order valence-electron chi connectivity index (χ0n) is 8.79. The second-order valence-electron chi connectivity index (χ2n) is 4.62. The van der Waals surface area contributed by atoms with Crippen molar-refractivity contribution in [3.8, 4) is 0 Å². The number of hydrogen-bond donors (Lipinski definition) is 0. The molecule has 2 saturated heterocycles. The summed E-state index contributed by atoms with van der Waals surface area (Å²) in [4.78, 5) is 11.8. The fraction of sp³-hybridized carbons (Fsp3) is 0.750. The first-order valence-electron chi connectivity index (χ1n) is 5.52. The van der Waals surface area contributed by atoms with Gasteiger partial charge in [0.15, 0.2) is 5.78 Å². The lowest BCUT2D eigenvalue weighted by Crippen LogP contribution is -2.33. The second-order valence-corrected chi connectivity index (χ2v) is 6.23. The van der Waals surface area contributed by atoms with Gasteiger partial charge in [0.1, 0.15) is 0 Å². The lowest BCUT2D eigenvalue weighted by molar-refractivity contribution is -0.119. The van der Waals surface area contributed by atoms with E-state index in [0.29, 0.717) is 11.7 Å². The summed E-state index contributed by atoms with van der Waals surface area (Å²) in [6.45, 7) is 5.61. The molecule has 14 heavy (non-hydrogen) atoms. The Morgan fingerprint density at radius 2 is 1.86 bits per heavy atom. The number of carbonyl (C=O) groups is 1. The summed E-state index contributed by atoms with van der Waals surface area (Å²) in [6.07, 6.45) is 6.22. The number of ketones is 1. The Balaban J connectivity index is 2.02. The van der Waals surface area contributed by atoms with Crippen molar-refractivity contribution in [3.05, 3.63) is 12.2 Å². The molecule has 78 valence electrons. The number of thioether (sulfide) groups is 1. The summed E-state index contributed by atoms with van der Waals surface area (Å²) in [6, 6.07) is 0. The smallest absolute Gasteiger partial charge is 0.161 e. The van der Waals surface area contributed by atoms with Gasteiger partial charge in [-0.15, -0.1) is 0 Å². The molecule has 2 bridgehead atoms. The van der Waals surface area contributed by atoms with E-state index >= 15 is 0 Å². The molecule has 0 saturated carbocycles. The average Bonchev–Trinajstić information content (AvgIpc) is 2.15. The van der Waals surface area contributed by atoms with Gasteiger partial charge in [0.05, 0.1) is 0 Å². The van der Waals surface area contributed by atoms with E-state index < -0.39 is 0 Å². The molecule has 0 spiro atoms. The molecule has 2 heteroatoms. The van der Waals surface area contributed by atoms with E-state index in [1.807, 2.05) is 6.92 Å². The van der Waals surface area contributed by atoms with Crippen LogP contribution in [0, 0.1) is 5.92 Å². The number of fused-ring (bicyclic) bond motifs is 2. The van der Waals surface area contributed by atoms with Crippen molar-refractivity contribution < 1.29 is 4.79 Å². The van der Waals surface area contributed by atoms with Crippen molar-refractivity contribution in [3.63, 3.8) is 0 Å². The number of hydrogen-bond acceptors (Lipinski definition) is 2. The quantitative estimate of drug-likeness (QED) is 0.651. The topological polar surface area (TPSA) is 17.1 Å². The molecule has 2 unspecified atom stereocenters. The Hall–Kier alpha value is -0.240. The van der Waals surface area contributed by atoms with Crippen LogP contribution in [0.2, 0.25) is 0 Å². The Morgan fingerprint density at radius 3 is 2.36 bits per heavy atom. The van der Waals surface area contributed by atoms with E-state index in [1.54, 1.807) is 0 Å². The third-order valence-corrected chi connectivity index (χ3v) is 4.95. The first-order chi connectivity index (χ1) is 6.66. The Morgan fingerprint density at radius 1 is 1.29 bits per heavy atom. The highest BCUT2D eigenvalue weighted by atomic mass is 32.2. The van der Waals surface area contributed by atoms with E-state index in [0.717, 1.165) is 28.9 Å². The summed E-state index contributed by atoms with van der Waals surface area (Å²) in [7, 11) is 0. The average molecular weight is 210 g/mol. The van der Waals surface area contributed by atoms with Gasteiger partial charge in [-0.3, -0.25) is 4.79 Å². The fourth-order valence-electron chi connectivity index (χ4n) is 2.62. The van der Waals surface area contributed by atoms with Crippen LogP contribution in [0.1, 0.15) is 39.0 Å².